The van der Waals surface area contributed by atoms with Crippen LogP contribution in [0.2, 0.25) is 0 Å². The predicted molar refractivity (Wildman–Crippen MR) is 73.6 cm³/mol. The van der Waals surface area contributed by atoms with Crippen molar-refractivity contribution in [1.82, 2.24) is 15.2 Å². The van der Waals surface area contributed by atoms with Crippen molar-refractivity contribution in [2.45, 2.75) is 25.4 Å². The first-order valence-corrected chi connectivity index (χ1v) is 6.14. The molecular weight excluding hydrogens is 226 g/mol. The third-order valence-electron chi connectivity index (χ3n) is 3.52. The molecule has 0 spiro atoms. The van der Waals surface area contributed by atoms with E-state index in [1.807, 2.05) is 13.1 Å². The summed E-state index contributed by atoms with van der Waals surface area (Å²) in [6.07, 6.45) is 1.49. The summed E-state index contributed by atoms with van der Waals surface area (Å²) in [5, 5.41) is 3.38. The minimum Gasteiger partial charge on any atom is -0.443 e. The number of fused-ring (bicyclic) bond motifs is 1. The predicted octanol–water partition coefficient (Wildman–Crippen LogP) is 2.43. The number of nitrogens with one attached hydrogen (secondary N) is 1. The van der Waals surface area contributed by atoms with Crippen LogP contribution in [0.1, 0.15) is 25.5 Å². The van der Waals surface area contributed by atoms with E-state index in [0.717, 1.165) is 11.1 Å². The summed E-state index contributed by atoms with van der Waals surface area (Å²) in [7, 11) is 6.17. The Bertz CT molecular complexity index is 531. The molecule has 1 heterocycles. The van der Waals surface area contributed by atoms with Gasteiger partial charge in [-0.05, 0) is 52.7 Å². The van der Waals surface area contributed by atoms with Crippen LogP contribution < -0.4 is 5.32 Å². The summed E-state index contributed by atoms with van der Waals surface area (Å²) in [5.74, 6) is 0. The van der Waals surface area contributed by atoms with Crippen LogP contribution in [-0.2, 0) is 0 Å². The quantitative estimate of drug-likeness (QED) is 0.901. The average Bonchev–Trinajstić information content (AvgIpc) is 2.75. The molecule has 4 heteroatoms. The van der Waals surface area contributed by atoms with Gasteiger partial charge >= 0.3 is 0 Å². The summed E-state index contributed by atoms with van der Waals surface area (Å²) in [6.45, 7) is 4.39. The Balaban J connectivity index is 2.47. The van der Waals surface area contributed by atoms with Crippen LogP contribution in [0.5, 0.6) is 0 Å². The number of hydrogen-bond acceptors (Lipinski definition) is 4. The van der Waals surface area contributed by atoms with Gasteiger partial charge in [0.2, 0.25) is 0 Å². The molecule has 1 atom stereocenters. The molecule has 2 aromatic rings. The first-order chi connectivity index (χ1) is 8.45. The maximum atomic E-state index is 5.38. The van der Waals surface area contributed by atoms with Crippen LogP contribution in [0, 0.1) is 0 Å². The number of oxazole rings is 1. The van der Waals surface area contributed by atoms with E-state index >= 15 is 0 Å². The zero-order valence-corrected chi connectivity index (χ0v) is 11.7. The number of likely N-dealkylation sites (N-methyl/N-ethyl adjacent to an activating group) is 2. The van der Waals surface area contributed by atoms with E-state index in [9.17, 15) is 0 Å². The Kier molecular flexibility index (Phi) is 3.41. The van der Waals surface area contributed by atoms with Crippen LogP contribution in [0.15, 0.2) is 29.0 Å². The highest BCUT2D eigenvalue weighted by Crippen LogP contribution is 2.31. The van der Waals surface area contributed by atoms with Gasteiger partial charge in [0.05, 0.1) is 6.04 Å². The molecule has 0 radical (unpaired) electrons. The second kappa shape index (κ2) is 4.71. The molecule has 0 aliphatic rings. The minimum absolute atomic E-state index is 0.0306. The average molecular weight is 247 g/mol. The van der Waals surface area contributed by atoms with Gasteiger partial charge in [-0.25, -0.2) is 4.98 Å². The van der Waals surface area contributed by atoms with Crippen molar-refractivity contribution in [2.24, 2.45) is 0 Å². The second-order valence-corrected chi connectivity index (χ2v) is 5.42. The number of nitrogens with zero attached hydrogens (tertiary/aromatic N) is 2. The lowest BCUT2D eigenvalue weighted by atomic mass is 9.87. The minimum atomic E-state index is -0.0306. The van der Waals surface area contributed by atoms with Crippen LogP contribution in [-0.4, -0.2) is 36.6 Å². The van der Waals surface area contributed by atoms with Crippen LogP contribution >= 0.6 is 0 Å². The van der Waals surface area contributed by atoms with Crippen molar-refractivity contribution in [3.63, 3.8) is 0 Å². The van der Waals surface area contributed by atoms with Crippen LogP contribution in [0.3, 0.4) is 0 Å². The maximum absolute atomic E-state index is 5.38. The number of hydrogen-bond donors (Lipinski definition) is 1. The van der Waals surface area contributed by atoms with E-state index in [1.54, 1.807) is 0 Å². The molecule has 18 heavy (non-hydrogen) atoms. The smallest absolute Gasteiger partial charge is 0.181 e. The van der Waals surface area contributed by atoms with Crippen LogP contribution in [0.25, 0.3) is 11.1 Å². The van der Waals surface area contributed by atoms with Gasteiger partial charge in [0.1, 0.15) is 5.52 Å². The van der Waals surface area contributed by atoms with Gasteiger partial charge < -0.3 is 14.6 Å². The third-order valence-corrected chi connectivity index (χ3v) is 3.52. The first-order valence-electron chi connectivity index (χ1n) is 6.14. The highest BCUT2D eigenvalue weighted by molar-refractivity contribution is 5.73. The molecule has 0 aliphatic heterocycles. The topological polar surface area (TPSA) is 41.3 Å². The Morgan fingerprint density at radius 2 is 2.06 bits per heavy atom. The van der Waals surface area contributed by atoms with Gasteiger partial charge in [0, 0.05) is 5.54 Å². The lowest BCUT2D eigenvalue weighted by Gasteiger charge is -2.39. The molecule has 4 nitrogen and oxygen atoms in total. The molecule has 1 N–H and O–H groups in total. The van der Waals surface area contributed by atoms with Crippen molar-refractivity contribution in [3.8, 4) is 0 Å². The molecule has 0 saturated heterocycles. The molecule has 0 amide bonds. The largest absolute Gasteiger partial charge is 0.443 e. The van der Waals surface area contributed by atoms with Crippen molar-refractivity contribution in [1.29, 1.82) is 0 Å². The normalized spacial score (nSPS) is 14.3. The standard InChI is InChI=1S/C14H21N3O/c1-14(2,15-3)13(17(4)5)10-6-7-11-12(8-10)18-9-16-11/h6-9,13,15H,1-5H3. The summed E-state index contributed by atoms with van der Waals surface area (Å²) < 4.78 is 5.38. The lowest BCUT2D eigenvalue weighted by molar-refractivity contribution is 0.177. The Morgan fingerprint density at radius 1 is 1.33 bits per heavy atom. The maximum Gasteiger partial charge on any atom is 0.181 e. The fraction of sp³-hybridized carbons (Fsp3) is 0.500. The number of benzene rings is 1. The van der Waals surface area contributed by atoms with Crippen molar-refractivity contribution in [2.75, 3.05) is 21.1 Å². The molecule has 98 valence electrons. The van der Waals surface area contributed by atoms with Gasteiger partial charge in [-0.15, -0.1) is 0 Å². The van der Waals surface area contributed by atoms with Gasteiger partial charge in [0.15, 0.2) is 12.0 Å². The van der Waals surface area contributed by atoms with Gasteiger partial charge in [-0.1, -0.05) is 6.07 Å². The zero-order chi connectivity index (χ0) is 13.3. The van der Waals surface area contributed by atoms with Crippen LogP contribution in [0.4, 0.5) is 0 Å². The lowest BCUT2D eigenvalue weighted by Crippen LogP contribution is -2.48. The summed E-state index contributed by atoms with van der Waals surface area (Å²) in [5.41, 5.74) is 2.94. The SMILES string of the molecule is CNC(C)(C)C(c1ccc2ncoc2c1)N(C)C. The first kappa shape index (κ1) is 13.1. The fourth-order valence-electron chi connectivity index (χ4n) is 2.54. The summed E-state index contributed by atoms with van der Waals surface area (Å²) in [6, 6.07) is 6.47. The number of rotatable bonds is 4. The Labute approximate surface area is 108 Å². The Hall–Kier alpha value is -1.39. The summed E-state index contributed by atoms with van der Waals surface area (Å²) >= 11 is 0. The van der Waals surface area contributed by atoms with E-state index in [1.165, 1.54) is 12.0 Å². The molecule has 1 aromatic carbocycles. The van der Waals surface area contributed by atoms with E-state index in [0.29, 0.717) is 0 Å². The summed E-state index contributed by atoms with van der Waals surface area (Å²) in [4.78, 5) is 6.37. The van der Waals surface area contributed by atoms with Gasteiger partial charge in [0.25, 0.3) is 0 Å². The van der Waals surface area contributed by atoms with E-state index < -0.39 is 0 Å². The molecular formula is C14H21N3O. The third kappa shape index (κ3) is 2.26. The van der Waals surface area contributed by atoms with Crippen molar-refractivity contribution >= 4 is 11.1 Å². The van der Waals surface area contributed by atoms with E-state index in [-0.39, 0.29) is 11.6 Å². The highest BCUT2D eigenvalue weighted by Gasteiger charge is 2.31. The van der Waals surface area contributed by atoms with Gasteiger partial charge in [-0.3, -0.25) is 0 Å². The molecule has 2 rings (SSSR count). The monoisotopic (exact) mass is 247 g/mol. The molecule has 0 aliphatic carbocycles. The molecule has 0 bridgehead atoms. The second-order valence-electron chi connectivity index (χ2n) is 5.42. The molecule has 1 unspecified atom stereocenters. The Morgan fingerprint density at radius 3 is 2.67 bits per heavy atom. The van der Waals surface area contributed by atoms with Crippen molar-refractivity contribution in [3.05, 3.63) is 30.2 Å². The molecule has 0 saturated carbocycles. The zero-order valence-electron chi connectivity index (χ0n) is 11.7. The van der Waals surface area contributed by atoms with Crippen molar-refractivity contribution < 1.29 is 4.42 Å². The highest BCUT2D eigenvalue weighted by atomic mass is 16.3. The molecule has 0 fully saturated rings. The van der Waals surface area contributed by atoms with E-state index in [2.05, 4.69) is 55.3 Å². The van der Waals surface area contributed by atoms with E-state index in [4.69, 9.17) is 4.42 Å². The number of aromatic nitrogens is 1. The fourth-order valence-corrected chi connectivity index (χ4v) is 2.54. The molecule has 1 aromatic heterocycles. The van der Waals surface area contributed by atoms with Gasteiger partial charge in [-0.2, -0.15) is 0 Å².